The average molecular weight is 266 g/mol. The van der Waals surface area contributed by atoms with Crippen LogP contribution in [0.3, 0.4) is 0 Å². The van der Waals surface area contributed by atoms with E-state index in [1.807, 2.05) is 0 Å². The molecule has 1 N–H and O–H groups in total. The van der Waals surface area contributed by atoms with Gasteiger partial charge in [0, 0.05) is 37.5 Å². The quantitative estimate of drug-likeness (QED) is 0.612. The highest BCUT2D eigenvalue weighted by Gasteiger charge is 2.16. The van der Waals surface area contributed by atoms with Crippen LogP contribution in [0, 0.1) is 5.92 Å². The number of aliphatic imine (C=N–C) groups is 1. The largest absolute Gasteiger partial charge is 0.395 e. The summed E-state index contributed by atoms with van der Waals surface area (Å²) in [5.41, 5.74) is 3.93. The molecule has 1 heterocycles. The number of β-amino-alcohol motifs (C(OH)–C–C–N with tert-alkyl or cyclic N) is 1. The molecule has 0 spiro atoms. The van der Waals surface area contributed by atoms with Crippen molar-refractivity contribution in [1.82, 2.24) is 4.90 Å². The van der Waals surface area contributed by atoms with Gasteiger partial charge in [-0.05, 0) is 24.8 Å². The fourth-order valence-electron chi connectivity index (χ4n) is 2.26. The van der Waals surface area contributed by atoms with E-state index in [2.05, 4.69) is 45.8 Å². The predicted molar refractivity (Wildman–Crippen MR) is 84.7 cm³/mol. The second-order valence-corrected chi connectivity index (χ2v) is 5.09. The lowest BCUT2D eigenvalue weighted by atomic mass is 10.0. The van der Waals surface area contributed by atoms with Crippen LogP contribution in [0.5, 0.6) is 0 Å². The molecule has 0 saturated carbocycles. The van der Waals surface area contributed by atoms with Crippen LogP contribution < -0.4 is 0 Å². The average Bonchev–Trinajstić information content (AvgIpc) is 2.40. The minimum atomic E-state index is 0.248. The van der Waals surface area contributed by atoms with Gasteiger partial charge in [0.15, 0.2) is 0 Å². The lowest BCUT2D eigenvalue weighted by molar-refractivity contribution is 0.201. The van der Waals surface area contributed by atoms with Gasteiger partial charge in [0.25, 0.3) is 0 Å². The fraction of sp³-hybridized carbons (Fsp3) is 0.688. The molecule has 0 aromatic rings. The number of nitrogens with zero attached hydrogens (tertiary/aromatic N) is 2. The highest BCUT2D eigenvalue weighted by Crippen LogP contribution is 2.20. The molecule has 0 aliphatic carbocycles. The first kappa shape index (κ1) is 18.1. The molecule has 1 rings (SSSR count). The Kier molecular flexibility index (Phi) is 9.44. The van der Waals surface area contributed by atoms with Crippen molar-refractivity contribution >= 4 is 5.71 Å². The highest BCUT2D eigenvalue weighted by atomic mass is 16.3. The summed E-state index contributed by atoms with van der Waals surface area (Å²) in [6.45, 7) is 17.8. The summed E-state index contributed by atoms with van der Waals surface area (Å²) >= 11 is 0. The molecule has 0 amide bonds. The van der Waals surface area contributed by atoms with E-state index in [0.29, 0.717) is 5.92 Å². The van der Waals surface area contributed by atoms with Crippen LogP contribution in [0.2, 0.25) is 0 Å². The summed E-state index contributed by atoms with van der Waals surface area (Å²) in [6, 6.07) is 0. The smallest absolute Gasteiger partial charge is 0.0558 e. The molecule has 3 nitrogen and oxygen atoms in total. The summed E-state index contributed by atoms with van der Waals surface area (Å²) in [5, 5.41) is 8.94. The van der Waals surface area contributed by atoms with Gasteiger partial charge in [-0.3, -0.25) is 9.89 Å². The van der Waals surface area contributed by atoms with Gasteiger partial charge in [-0.2, -0.15) is 0 Å². The topological polar surface area (TPSA) is 35.8 Å². The van der Waals surface area contributed by atoms with Crippen molar-refractivity contribution in [1.29, 1.82) is 0 Å². The Morgan fingerprint density at radius 2 is 2.05 bits per heavy atom. The van der Waals surface area contributed by atoms with Crippen molar-refractivity contribution in [3.05, 3.63) is 24.4 Å². The molecule has 0 atom stereocenters. The summed E-state index contributed by atoms with van der Waals surface area (Å²) in [7, 11) is 0. The predicted octanol–water partition coefficient (Wildman–Crippen LogP) is 3.27. The van der Waals surface area contributed by atoms with Crippen LogP contribution in [-0.4, -0.2) is 42.0 Å². The molecular weight excluding hydrogens is 236 g/mol. The summed E-state index contributed by atoms with van der Waals surface area (Å²) in [6.07, 6.45) is 2.05. The van der Waals surface area contributed by atoms with E-state index in [1.165, 1.54) is 17.0 Å². The van der Waals surface area contributed by atoms with Crippen LogP contribution in [0.4, 0.5) is 0 Å². The van der Waals surface area contributed by atoms with Gasteiger partial charge in [-0.15, -0.1) is 13.2 Å². The van der Waals surface area contributed by atoms with Crippen molar-refractivity contribution in [2.24, 2.45) is 10.9 Å². The normalized spacial score (nSPS) is 17.5. The Morgan fingerprint density at radius 1 is 1.42 bits per heavy atom. The molecule has 0 aromatic heterocycles. The van der Waals surface area contributed by atoms with E-state index < -0.39 is 0 Å². The van der Waals surface area contributed by atoms with Crippen LogP contribution >= 0.6 is 0 Å². The third kappa shape index (κ3) is 6.17. The first-order valence-electron chi connectivity index (χ1n) is 7.17. The number of hydrogen-bond donors (Lipinski definition) is 1. The van der Waals surface area contributed by atoms with Gasteiger partial charge < -0.3 is 5.11 Å². The first-order chi connectivity index (χ1) is 9.08. The molecule has 0 aromatic carbocycles. The van der Waals surface area contributed by atoms with Crippen molar-refractivity contribution in [2.75, 3.05) is 26.2 Å². The van der Waals surface area contributed by atoms with Gasteiger partial charge in [-0.25, -0.2) is 0 Å². The zero-order valence-electron chi connectivity index (χ0n) is 13.1. The van der Waals surface area contributed by atoms with Crippen LogP contribution in [0.25, 0.3) is 0 Å². The molecule has 0 unspecified atom stereocenters. The van der Waals surface area contributed by atoms with E-state index in [1.54, 1.807) is 0 Å². The van der Waals surface area contributed by atoms with Crippen molar-refractivity contribution < 1.29 is 5.11 Å². The Bertz CT molecular complexity index is 319. The first-order valence-corrected chi connectivity index (χ1v) is 7.17. The van der Waals surface area contributed by atoms with Crippen molar-refractivity contribution in [3.8, 4) is 0 Å². The highest BCUT2D eigenvalue weighted by molar-refractivity contribution is 5.86. The summed E-state index contributed by atoms with van der Waals surface area (Å²) < 4.78 is 0. The van der Waals surface area contributed by atoms with E-state index >= 15 is 0 Å². The molecule has 0 saturated heterocycles. The third-order valence-corrected chi connectivity index (χ3v) is 3.34. The van der Waals surface area contributed by atoms with E-state index in [0.717, 1.165) is 32.5 Å². The van der Waals surface area contributed by atoms with Crippen molar-refractivity contribution in [2.45, 2.75) is 40.5 Å². The van der Waals surface area contributed by atoms with E-state index in [4.69, 9.17) is 10.1 Å². The molecule has 3 heteroatoms. The SMILES string of the molecule is C=C.CCC(=NC1=C(C)CN(CCO)CC1)C(C)C. The minimum Gasteiger partial charge on any atom is -0.395 e. The molecule has 1 aliphatic rings. The molecule has 0 radical (unpaired) electrons. The van der Waals surface area contributed by atoms with Gasteiger partial charge in [-0.1, -0.05) is 20.8 Å². The van der Waals surface area contributed by atoms with Gasteiger partial charge in [0.1, 0.15) is 0 Å². The van der Waals surface area contributed by atoms with E-state index in [9.17, 15) is 0 Å². The monoisotopic (exact) mass is 266 g/mol. The van der Waals surface area contributed by atoms with Gasteiger partial charge >= 0.3 is 0 Å². The Labute approximate surface area is 118 Å². The molecule has 19 heavy (non-hydrogen) atoms. The van der Waals surface area contributed by atoms with Crippen LogP contribution in [-0.2, 0) is 0 Å². The molecule has 0 fully saturated rings. The maximum Gasteiger partial charge on any atom is 0.0558 e. The standard InChI is InChI=1S/C14H26N2O.C2H4/c1-5-13(11(2)3)15-14-6-7-16(8-9-17)10-12(14)4;1-2/h11,17H,5-10H2,1-4H3;1-2H2. The number of rotatable bonds is 5. The zero-order chi connectivity index (χ0) is 14.8. The van der Waals surface area contributed by atoms with Crippen molar-refractivity contribution in [3.63, 3.8) is 0 Å². The van der Waals surface area contributed by atoms with Crippen LogP contribution in [0.15, 0.2) is 29.4 Å². The van der Waals surface area contributed by atoms with Gasteiger partial charge in [0.2, 0.25) is 0 Å². The second kappa shape index (κ2) is 9.93. The Balaban J connectivity index is 0.00000154. The summed E-state index contributed by atoms with van der Waals surface area (Å²) in [4.78, 5) is 7.12. The molecule has 1 aliphatic heterocycles. The number of aliphatic hydroxyl groups excluding tert-OH is 1. The number of aliphatic hydroxyl groups is 1. The van der Waals surface area contributed by atoms with Crippen LogP contribution in [0.1, 0.15) is 40.5 Å². The Morgan fingerprint density at radius 3 is 2.47 bits per heavy atom. The molecule has 0 bridgehead atoms. The second-order valence-electron chi connectivity index (χ2n) is 5.09. The molecule has 110 valence electrons. The lowest BCUT2D eigenvalue weighted by Crippen LogP contribution is -2.33. The lowest BCUT2D eigenvalue weighted by Gasteiger charge is -2.28. The third-order valence-electron chi connectivity index (χ3n) is 3.34. The minimum absolute atomic E-state index is 0.248. The van der Waals surface area contributed by atoms with Gasteiger partial charge in [0.05, 0.1) is 6.61 Å². The fourth-order valence-corrected chi connectivity index (χ4v) is 2.26. The molecular formula is C16H30N2O. The maximum atomic E-state index is 8.94. The maximum absolute atomic E-state index is 8.94. The van der Waals surface area contributed by atoms with E-state index in [-0.39, 0.29) is 6.61 Å². The summed E-state index contributed by atoms with van der Waals surface area (Å²) in [5.74, 6) is 0.538. The number of hydrogen-bond acceptors (Lipinski definition) is 3. The Hall–Kier alpha value is -0.930. The zero-order valence-corrected chi connectivity index (χ0v) is 13.1.